The van der Waals surface area contributed by atoms with Crippen LogP contribution in [0.2, 0.25) is 5.15 Å². The van der Waals surface area contributed by atoms with Crippen molar-refractivity contribution in [2.24, 2.45) is 0 Å². The van der Waals surface area contributed by atoms with Crippen LogP contribution in [0.1, 0.15) is 5.69 Å². The smallest absolute Gasteiger partial charge is 0.180 e. The van der Waals surface area contributed by atoms with E-state index in [4.69, 9.17) is 16.3 Å². The molecule has 0 saturated carbocycles. The van der Waals surface area contributed by atoms with Crippen LogP contribution < -0.4 is 0 Å². The first kappa shape index (κ1) is 14.4. The molecule has 106 valence electrons. The third kappa shape index (κ3) is 2.90. The number of para-hydroxylation sites is 1. The maximum Gasteiger partial charge on any atom is 0.180 e. The molecule has 0 aliphatic carbocycles. The fraction of sp³-hybridized carbons (Fsp3) is 0.133. The Bertz CT molecular complexity index is 810. The minimum Gasteiger partial charge on any atom is -0.378 e. The molecule has 0 atom stereocenters. The number of aromatic nitrogens is 3. The van der Waals surface area contributed by atoms with Gasteiger partial charge in [0.2, 0.25) is 0 Å². The standard InChI is InChI=1S/C15H11BrClN3O/c1-21-8-12-13(16)14(17)20-15(19-12)11-7-6-9-4-2-3-5-10(9)18-11/h2-7H,8H2,1H3. The lowest BCUT2D eigenvalue weighted by Crippen LogP contribution is -2.01. The number of hydrogen-bond acceptors (Lipinski definition) is 4. The predicted molar refractivity (Wildman–Crippen MR) is 86.2 cm³/mol. The fourth-order valence-corrected chi connectivity index (χ4v) is 2.48. The van der Waals surface area contributed by atoms with Gasteiger partial charge in [-0.2, -0.15) is 0 Å². The summed E-state index contributed by atoms with van der Waals surface area (Å²) >= 11 is 9.51. The van der Waals surface area contributed by atoms with Crippen LogP contribution in [0.5, 0.6) is 0 Å². The van der Waals surface area contributed by atoms with Crippen LogP contribution in [0.4, 0.5) is 0 Å². The highest BCUT2D eigenvalue weighted by Gasteiger charge is 2.13. The van der Waals surface area contributed by atoms with Crippen molar-refractivity contribution in [2.45, 2.75) is 6.61 Å². The molecule has 0 unspecified atom stereocenters. The highest BCUT2D eigenvalue weighted by Crippen LogP contribution is 2.27. The van der Waals surface area contributed by atoms with Crippen molar-refractivity contribution in [2.75, 3.05) is 7.11 Å². The van der Waals surface area contributed by atoms with E-state index < -0.39 is 0 Å². The number of pyridine rings is 1. The van der Waals surface area contributed by atoms with E-state index in [-0.39, 0.29) is 0 Å². The molecule has 0 fully saturated rings. The van der Waals surface area contributed by atoms with Crippen LogP contribution in [-0.2, 0) is 11.3 Å². The molecule has 21 heavy (non-hydrogen) atoms. The summed E-state index contributed by atoms with van der Waals surface area (Å²) in [6.07, 6.45) is 0. The first-order valence-corrected chi connectivity index (χ1v) is 7.43. The quantitative estimate of drug-likeness (QED) is 0.652. The summed E-state index contributed by atoms with van der Waals surface area (Å²) in [6, 6.07) is 11.8. The maximum absolute atomic E-state index is 6.14. The van der Waals surface area contributed by atoms with Crippen LogP contribution in [-0.4, -0.2) is 22.1 Å². The van der Waals surface area contributed by atoms with Gasteiger partial charge in [-0.15, -0.1) is 0 Å². The van der Waals surface area contributed by atoms with Gasteiger partial charge in [-0.1, -0.05) is 35.9 Å². The van der Waals surface area contributed by atoms with E-state index in [0.29, 0.717) is 33.4 Å². The number of nitrogens with zero attached hydrogens (tertiary/aromatic N) is 3. The topological polar surface area (TPSA) is 47.9 Å². The van der Waals surface area contributed by atoms with Crippen molar-refractivity contribution in [3.8, 4) is 11.5 Å². The third-order valence-electron chi connectivity index (χ3n) is 2.99. The SMILES string of the molecule is COCc1nc(-c2ccc3ccccc3n2)nc(Cl)c1Br. The first-order chi connectivity index (χ1) is 10.2. The van der Waals surface area contributed by atoms with Crippen molar-refractivity contribution in [1.82, 2.24) is 15.0 Å². The highest BCUT2D eigenvalue weighted by atomic mass is 79.9. The summed E-state index contributed by atoms with van der Waals surface area (Å²) in [5.74, 6) is 0.487. The van der Waals surface area contributed by atoms with Gasteiger partial charge >= 0.3 is 0 Å². The normalized spacial score (nSPS) is 11.0. The van der Waals surface area contributed by atoms with E-state index in [1.165, 1.54) is 0 Å². The van der Waals surface area contributed by atoms with Crippen molar-refractivity contribution >= 4 is 38.4 Å². The Morgan fingerprint density at radius 2 is 1.90 bits per heavy atom. The molecule has 0 amide bonds. The Morgan fingerprint density at radius 3 is 2.71 bits per heavy atom. The summed E-state index contributed by atoms with van der Waals surface area (Å²) in [5, 5.41) is 1.42. The number of methoxy groups -OCH3 is 1. The van der Waals surface area contributed by atoms with Crippen molar-refractivity contribution in [3.05, 3.63) is 51.7 Å². The summed E-state index contributed by atoms with van der Waals surface area (Å²) < 4.78 is 5.77. The Kier molecular flexibility index (Phi) is 4.14. The fourth-order valence-electron chi connectivity index (χ4n) is 2.00. The minimum absolute atomic E-state index is 0.349. The van der Waals surface area contributed by atoms with Gasteiger partial charge in [0.15, 0.2) is 5.82 Å². The number of halogens is 2. The summed E-state index contributed by atoms with van der Waals surface area (Å²) in [4.78, 5) is 13.3. The lowest BCUT2D eigenvalue weighted by Gasteiger charge is -2.07. The van der Waals surface area contributed by atoms with Gasteiger partial charge < -0.3 is 4.74 Å². The average Bonchev–Trinajstić information content (AvgIpc) is 2.51. The molecular weight excluding hydrogens is 354 g/mol. The number of ether oxygens (including phenoxy) is 1. The number of hydrogen-bond donors (Lipinski definition) is 0. The van der Waals surface area contributed by atoms with Crippen LogP contribution >= 0.6 is 27.5 Å². The Balaban J connectivity index is 2.13. The summed E-state index contributed by atoms with van der Waals surface area (Å²) in [5.41, 5.74) is 2.27. The Hall–Kier alpha value is -1.56. The molecule has 0 spiro atoms. The molecule has 3 aromatic rings. The molecule has 0 aliphatic heterocycles. The number of benzene rings is 1. The van der Waals surface area contributed by atoms with E-state index in [0.717, 1.165) is 10.9 Å². The van der Waals surface area contributed by atoms with Crippen LogP contribution in [0.25, 0.3) is 22.4 Å². The van der Waals surface area contributed by atoms with Gasteiger partial charge in [0, 0.05) is 12.5 Å². The average molecular weight is 365 g/mol. The Labute approximate surface area is 135 Å². The molecule has 1 aromatic carbocycles. The molecule has 0 bridgehead atoms. The summed E-state index contributed by atoms with van der Waals surface area (Å²) in [7, 11) is 1.61. The lowest BCUT2D eigenvalue weighted by atomic mass is 10.2. The van der Waals surface area contributed by atoms with Crippen LogP contribution in [0, 0.1) is 0 Å². The molecule has 0 saturated heterocycles. The zero-order chi connectivity index (χ0) is 14.8. The van der Waals surface area contributed by atoms with Gasteiger partial charge in [-0.25, -0.2) is 15.0 Å². The number of fused-ring (bicyclic) bond motifs is 1. The molecule has 4 nitrogen and oxygen atoms in total. The second-order valence-corrected chi connectivity index (χ2v) is 5.57. The van der Waals surface area contributed by atoms with Gasteiger partial charge in [-0.3, -0.25) is 0 Å². The molecule has 6 heteroatoms. The minimum atomic E-state index is 0.349. The molecule has 2 heterocycles. The van der Waals surface area contributed by atoms with Crippen molar-refractivity contribution in [1.29, 1.82) is 0 Å². The second-order valence-electron chi connectivity index (χ2n) is 4.42. The number of rotatable bonds is 3. The lowest BCUT2D eigenvalue weighted by molar-refractivity contribution is 0.181. The zero-order valence-electron chi connectivity index (χ0n) is 11.2. The van der Waals surface area contributed by atoms with Crippen LogP contribution in [0.15, 0.2) is 40.9 Å². The van der Waals surface area contributed by atoms with Gasteiger partial charge in [0.25, 0.3) is 0 Å². The molecule has 0 aliphatic rings. The largest absolute Gasteiger partial charge is 0.378 e. The summed E-state index contributed by atoms with van der Waals surface area (Å²) in [6.45, 7) is 0.351. The van der Waals surface area contributed by atoms with Crippen LogP contribution in [0.3, 0.4) is 0 Å². The van der Waals surface area contributed by atoms with E-state index in [1.807, 2.05) is 36.4 Å². The molecule has 2 aromatic heterocycles. The predicted octanol–water partition coefficient (Wildman–Crippen LogP) is 4.25. The van der Waals surface area contributed by atoms with Gasteiger partial charge in [0.05, 0.1) is 22.3 Å². The second kappa shape index (κ2) is 6.05. The van der Waals surface area contributed by atoms with Gasteiger partial charge in [0.1, 0.15) is 10.8 Å². The maximum atomic E-state index is 6.14. The zero-order valence-corrected chi connectivity index (χ0v) is 13.5. The molecular formula is C15H11BrClN3O. The third-order valence-corrected chi connectivity index (χ3v) is 4.32. The first-order valence-electron chi connectivity index (χ1n) is 6.26. The molecule has 0 radical (unpaired) electrons. The van der Waals surface area contributed by atoms with E-state index >= 15 is 0 Å². The monoisotopic (exact) mass is 363 g/mol. The molecule has 3 rings (SSSR count). The van der Waals surface area contributed by atoms with Crippen molar-refractivity contribution in [3.63, 3.8) is 0 Å². The Morgan fingerprint density at radius 1 is 1.10 bits per heavy atom. The highest BCUT2D eigenvalue weighted by molar-refractivity contribution is 9.10. The van der Waals surface area contributed by atoms with E-state index in [9.17, 15) is 0 Å². The van der Waals surface area contributed by atoms with Crippen molar-refractivity contribution < 1.29 is 4.74 Å². The van der Waals surface area contributed by atoms with E-state index in [2.05, 4.69) is 30.9 Å². The molecule has 0 N–H and O–H groups in total. The van der Waals surface area contributed by atoms with Gasteiger partial charge in [-0.05, 0) is 28.1 Å². The van der Waals surface area contributed by atoms with E-state index in [1.54, 1.807) is 7.11 Å².